The Bertz CT molecular complexity index is 1120. The number of rotatable bonds is 4. The van der Waals surface area contributed by atoms with Gasteiger partial charge in [0.2, 0.25) is 5.88 Å². The molecule has 0 fully saturated rings. The Morgan fingerprint density at radius 1 is 0.963 bits per heavy atom. The van der Waals surface area contributed by atoms with Crippen LogP contribution in [0.2, 0.25) is 5.02 Å². The third-order valence-electron chi connectivity index (χ3n) is 4.32. The number of ether oxygens (including phenoxy) is 1. The smallest absolute Gasteiger partial charge is 0.248 e. The summed E-state index contributed by atoms with van der Waals surface area (Å²) in [5, 5.41) is 5.93. The van der Waals surface area contributed by atoms with Crippen molar-refractivity contribution >= 4 is 39.6 Å². The zero-order valence-electron chi connectivity index (χ0n) is 14.6. The first-order valence-electron chi connectivity index (χ1n) is 8.41. The highest BCUT2D eigenvalue weighted by Crippen LogP contribution is 2.35. The summed E-state index contributed by atoms with van der Waals surface area (Å²) in [7, 11) is 0. The first-order valence-corrected chi connectivity index (χ1v) is 8.79. The minimum atomic E-state index is 0.295. The predicted molar refractivity (Wildman–Crippen MR) is 110 cm³/mol. The minimum absolute atomic E-state index is 0.295. The third-order valence-corrected chi connectivity index (χ3v) is 4.73. The largest absolute Gasteiger partial charge is 0.436 e. The summed E-state index contributed by atoms with van der Waals surface area (Å²) in [6.45, 7) is 1.93. The van der Waals surface area contributed by atoms with Gasteiger partial charge < -0.3 is 15.8 Å². The van der Waals surface area contributed by atoms with Gasteiger partial charge in [-0.1, -0.05) is 54.1 Å². The molecular formula is C21H17ClN4O. The molecule has 3 N–H and O–H groups in total. The van der Waals surface area contributed by atoms with Gasteiger partial charge in [0.05, 0.1) is 0 Å². The Morgan fingerprint density at radius 3 is 2.63 bits per heavy atom. The topological polar surface area (TPSA) is 73.1 Å². The monoisotopic (exact) mass is 376 g/mol. The van der Waals surface area contributed by atoms with Crippen LogP contribution in [-0.2, 0) is 0 Å². The summed E-state index contributed by atoms with van der Waals surface area (Å²) in [6.07, 6.45) is 1.42. The summed E-state index contributed by atoms with van der Waals surface area (Å²) in [4.78, 5) is 8.44. The van der Waals surface area contributed by atoms with Gasteiger partial charge in [-0.15, -0.1) is 0 Å². The number of halogens is 1. The normalized spacial score (nSPS) is 10.7. The van der Waals surface area contributed by atoms with Gasteiger partial charge in [-0.05, 0) is 36.1 Å². The summed E-state index contributed by atoms with van der Waals surface area (Å²) < 4.78 is 6.01. The van der Waals surface area contributed by atoms with Gasteiger partial charge >= 0.3 is 0 Å². The number of nitrogens with zero attached hydrogens (tertiary/aromatic N) is 2. The fraction of sp³-hybridized carbons (Fsp3) is 0.0476. The predicted octanol–water partition coefficient (Wildman–Crippen LogP) is 5.71. The zero-order valence-corrected chi connectivity index (χ0v) is 15.4. The van der Waals surface area contributed by atoms with Crippen molar-refractivity contribution in [2.45, 2.75) is 6.92 Å². The van der Waals surface area contributed by atoms with E-state index in [-0.39, 0.29) is 0 Å². The molecule has 0 radical (unpaired) electrons. The van der Waals surface area contributed by atoms with E-state index in [1.54, 1.807) is 0 Å². The van der Waals surface area contributed by atoms with Gasteiger partial charge in [-0.3, -0.25) is 0 Å². The van der Waals surface area contributed by atoms with Gasteiger partial charge in [-0.25, -0.2) is 4.98 Å². The summed E-state index contributed by atoms with van der Waals surface area (Å²) in [5.41, 5.74) is 8.32. The molecule has 3 aromatic carbocycles. The molecule has 0 aliphatic rings. The average Bonchev–Trinajstić information content (AvgIpc) is 2.69. The Labute approximate surface area is 161 Å². The molecule has 6 heteroatoms. The Morgan fingerprint density at radius 2 is 1.74 bits per heavy atom. The van der Waals surface area contributed by atoms with Crippen LogP contribution in [0.1, 0.15) is 5.56 Å². The number of fused-ring (bicyclic) bond motifs is 1. The van der Waals surface area contributed by atoms with Crippen LogP contribution in [-0.4, -0.2) is 9.97 Å². The van der Waals surface area contributed by atoms with E-state index < -0.39 is 0 Å². The van der Waals surface area contributed by atoms with Crippen LogP contribution in [0.5, 0.6) is 11.6 Å². The van der Waals surface area contributed by atoms with E-state index >= 15 is 0 Å². The maximum absolute atomic E-state index is 6.27. The SMILES string of the molecule is Cc1c(Cl)cccc1Nc1ncnc(Oc2cccc3ccccc23)c1N. The number of hydrogen-bond acceptors (Lipinski definition) is 5. The highest BCUT2D eigenvalue weighted by molar-refractivity contribution is 6.31. The molecule has 1 aromatic heterocycles. The summed E-state index contributed by atoms with van der Waals surface area (Å²) in [5.74, 6) is 1.44. The number of benzene rings is 3. The Kier molecular flexibility index (Phi) is 4.52. The minimum Gasteiger partial charge on any atom is -0.436 e. The van der Waals surface area contributed by atoms with Crippen molar-refractivity contribution in [1.29, 1.82) is 0 Å². The lowest BCUT2D eigenvalue weighted by atomic mass is 10.1. The average molecular weight is 377 g/mol. The second-order valence-corrected chi connectivity index (χ2v) is 6.47. The van der Waals surface area contributed by atoms with Gasteiger partial charge in [-0.2, -0.15) is 4.98 Å². The third kappa shape index (κ3) is 3.37. The molecule has 0 unspecified atom stereocenters. The van der Waals surface area contributed by atoms with Crippen molar-refractivity contribution in [3.8, 4) is 11.6 Å². The molecule has 0 aliphatic carbocycles. The fourth-order valence-electron chi connectivity index (χ4n) is 2.82. The fourth-order valence-corrected chi connectivity index (χ4v) is 2.99. The van der Waals surface area contributed by atoms with E-state index in [0.717, 1.165) is 22.0 Å². The quantitative estimate of drug-likeness (QED) is 0.477. The van der Waals surface area contributed by atoms with Crippen LogP contribution in [0, 0.1) is 6.92 Å². The highest BCUT2D eigenvalue weighted by Gasteiger charge is 2.13. The lowest BCUT2D eigenvalue weighted by molar-refractivity contribution is 0.470. The standard InChI is InChI=1S/C21H17ClN4O/c1-13-16(22)9-5-10-17(13)26-20-19(23)21(25-12-24-20)27-18-11-4-7-14-6-2-3-8-15(14)18/h2-12H,23H2,1H3,(H,24,25,26). The molecule has 1 heterocycles. The van der Waals surface area contributed by atoms with Crippen molar-refractivity contribution in [1.82, 2.24) is 9.97 Å². The van der Waals surface area contributed by atoms with Gasteiger partial charge in [0, 0.05) is 16.1 Å². The Balaban J connectivity index is 1.69. The molecular weight excluding hydrogens is 360 g/mol. The molecule has 0 spiro atoms. The van der Waals surface area contributed by atoms with Crippen molar-refractivity contribution in [2.24, 2.45) is 0 Å². The molecule has 0 bridgehead atoms. The molecule has 0 amide bonds. The van der Waals surface area contributed by atoms with Crippen LogP contribution in [0.3, 0.4) is 0 Å². The van der Waals surface area contributed by atoms with E-state index in [4.69, 9.17) is 22.1 Å². The van der Waals surface area contributed by atoms with Gasteiger partial charge in [0.25, 0.3) is 0 Å². The molecule has 4 rings (SSSR count). The first kappa shape index (κ1) is 17.1. The number of anilines is 3. The maximum Gasteiger partial charge on any atom is 0.248 e. The van der Waals surface area contributed by atoms with Crippen molar-refractivity contribution in [3.63, 3.8) is 0 Å². The van der Waals surface area contributed by atoms with E-state index in [1.807, 2.05) is 67.6 Å². The van der Waals surface area contributed by atoms with Gasteiger partial charge in [0.1, 0.15) is 17.8 Å². The molecule has 0 atom stereocenters. The number of hydrogen-bond donors (Lipinski definition) is 2. The van der Waals surface area contributed by atoms with Crippen molar-refractivity contribution in [2.75, 3.05) is 11.1 Å². The molecule has 5 nitrogen and oxygen atoms in total. The lowest BCUT2D eigenvalue weighted by Crippen LogP contribution is -2.04. The second kappa shape index (κ2) is 7.13. The summed E-state index contributed by atoms with van der Waals surface area (Å²) in [6, 6.07) is 19.4. The van der Waals surface area contributed by atoms with Crippen LogP contribution in [0.4, 0.5) is 17.2 Å². The van der Waals surface area contributed by atoms with E-state index in [1.165, 1.54) is 6.33 Å². The maximum atomic E-state index is 6.27. The van der Waals surface area contributed by atoms with E-state index in [0.29, 0.717) is 28.2 Å². The van der Waals surface area contributed by atoms with Crippen molar-refractivity contribution in [3.05, 3.63) is 77.6 Å². The highest BCUT2D eigenvalue weighted by atomic mass is 35.5. The molecule has 27 heavy (non-hydrogen) atoms. The second-order valence-electron chi connectivity index (χ2n) is 6.06. The number of nitrogen functional groups attached to an aromatic ring is 1. The van der Waals surface area contributed by atoms with Crippen LogP contribution in [0.15, 0.2) is 67.0 Å². The van der Waals surface area contributed by atoms with Crippen molar-refractivity contribution < 1.29 is 4.74 Å². The number of aromatic nitrogens is 2. The lowest BCUT2D eigenvalue weighted by Gasteiger charge is -2.14. The van der Waals surface area contributed by atoms with Crippen LogP contribution in [0.25, 0.3) is 10.8 Å². The molecule has 0 saturated heterocycles. The summed E-state index contributed by atoms with van der Waals surface area (Å²) >= 11 is 6.19. The molecule has 0 saturated carbocycles. The van der Waals surface area contributed by atoms with E-state index in [9.17, 15) is 0 Å². The molecule has 0 aliphatic heterocycles. The van der Waals surface area contributed by atoms with E-state index in [2.05, 4.69) is 15.3 Å². The molecule has 134 valence electrons. The van der Waals surface area contributed by atoms with Crippen LogP contribution >= 0.6 is 11.6 Å². The number of nitrogens with two attached hydrogens (primary N) is 1. The molecule has 4 aromatic rings. The first-order chi connectivity index (χ1) is 13.1. The zero-order chi connectivity index (χ0) is 18.8. The van der Waals surface area contributed by atoms with Crippen LogP contribution < -0.4 is 15.8 Å². The van der Waals surface area contributed by atoms with Gasteiger partial charge in [0.15, 0.2) is 5.82 Å². The Hall–Kier alpha value is -3.31. The number of nitrogens with one attached hydrogen (secondary N) is 1.